The standard InChI is InChI=1S/C17H16Cl2FNO3/c1-10(13-7-16(20)15(19)8-14(13)18)21-17(22)9-24-12-5-3-11(23-2)4-6-12/h3-8,10H,9H2,1-2H3,(H,21,22)/t10-/m0/s1. The van der Waals surface area contributed by atoms with Crippen LogP contribution >= 0.6 is 23.2 Å². The Labute approximate surface area is 149 Å². The minimum Gasteiger partial charge on any atom is -0.497 e. The van der Waals surface area contributed by atoms with Gasteiger partial charge in [0.15, 0.2) is 6.61 Å². The molecule has 0 aromatic heterocycles. The average Bonchev–Trinajstić information content (AvgIpc) is 2.56. The Bertz CT molecular complexity index is 723. The van der Waals surface area contributed by atoms with Crippen molar-refractivity contribution in [1.82, 2.24) is 5.32 Å². The average molecular weight is 372 g/mol. The molecule has 0 aliphatic heterocycles. The molecular weight excluding hydrogens is 356 g/mol. The van der Waals surface area contributed by atoms with E-state index in [0.717, 1.165) is 0 Å². The molecule has 0 unspecified atom stereocenters. The highest BCUT2D eigenvalue weighted by Crippen LogP contribution is 2.28. The molecule has 0 aliphatic carbocycles. The van der Waals surface area contributed by atoms with Crippen LogP contribution in [0.5, 0.6) is 11.5 Å². The van der Waals surface area contributed by atoms with Gasteiger partial charge in [-0.05, 0) is 48.9 Å². The van der Waals surface area contributed by atoms with Crippen LogP contribution in [0.2, 0.25) is 10.0 Å². The number of carbonyl (C=O) groups is 1. The fraction of sp³-hybridized carbons (Fsp3) is 0.235. The molecule has 2 aromatic rings. The van der Waals surface area contributed by atoms with Gasteiger partial charge in [0.2, 0.25) is 0 Å². The molecule has 24 heavy (non-hydrogen) atoms. The fourth-order valence-corrected chi connectivity index (χ4v) is 2.60. The molecule has 0 saturated carbocycles. The highest BCUT2D eigenvalue weighted by Gasteiger charge is 2.16. The van der Waals surface area contributed by atoms with Crippen molar-refractivity contribution in [2.24, 2.45) is 0 Å². The molecule has 2 rings (SSSR count). The Kier molecular flexibility index (Phi) is 6.29. The lowest BCUT2D eigenvalue weighted by Gasteiger charge is -2.16. The molecule has 128 valence electrons. The number of carbonyl (C=O) groups excluding carboxylic acids is 1. The van der Waals surface area contributed by atoms with Gasteiger partial charge in [0.25, 0.3) is 5.91 Å². The number of methoxy groups -OCH3 is 1. The van der Waals surface area contributed by atoms with Crippen LogP contribution < -0.4 is 14.8 Å². The van der Waals surface area contributed by atoms with Crippen molar-refractivity contribution in [2.45, 2.75) is 13.0 Å². The van der Waals surface area contributed by atoms with Crippen LogP contribution in [0.25, 0.3) is 0 Å². The van der Waals surface area contributed by atoms with Gasteiger partial charge in [0.05, 0.1) is 18.2 Å². The zero-order valence-corrected chi connectivity index (χ0v) is 14.6. The van der Waals surface area contributed by atoms with Crippen molar-refractivity contribution in [3.8, 4) is 11.5 Å². The summed E-state index contributed by atoms with van der Waals surface area (Å²) in [6.07, 6.45) is 0. The van der Waals surface area contributed by atoms with Crippen LogP contribution in [0.15, 0.2) is 36.4 Å². The number of hydrogen-bond acceptors (Lipinski definition) is 3. The highest BCUT2D eigenvalue weighted by atomic mass is 35.5. The third-order valence-corrected chi connectivity index (χ3v) is 3.93. The first-order valence-electron chi connectivity index (χ1n) is 7.11. The van der Waals surface area contributed by atoms with Gasteiger partial charge in [-0.3, -0.25) is 4.79 Å². The number of rotatable bonds is 6. The van der Waals surface area contributed by atoms with Gasteiger partial charge >= 0.3 is 0 Å². The number of amides is 1. The molecular formula is C17H16Cl2FNO3. The van der Waals surface area contributed by atoms with Gasteiger partial charge in [0.1, 0.15) is 17.3 Å². The predicted molar refractivity (Wildman–Crippen MR) is 91.5 cm³/mol. The van der Waals surface area contributed by atoms with E-state index in [-0.39, 0.29) is 22.6 Å². The third kappa shape index (κ3) is 4.76. The monoisotopic (exact) mass is 371 g/mol. The van der Waals surface area contributed by atoms with E-state index in [1.807, 2.05) is 0 Å². The van der Waals surface area contributed by atoms with Gasteiger partial charge < -0.3 is 14.8 Å². The van der Waals surface area contributed by atoms with E-state index in [2.05, 4.69) is 5.32 Å². The molecule has 0 spiro atoms. The molecule has 0 saturated heterocycles. The fourth-order valence-electron chi connectivity index (χ4n) is 2.05. The molecule has 1 N–H and O–H groups in total. The van der Waals surface area contributed by atoms with E-state index in [4.69, 9.17) is 32.7 Å². The quantitative estimate of drug-likeness (QED) is 0.765. The number of hydrogen-bond donors (Lipinski definition) is 1. The first kappa shape index (κ1) is 18.4. The topological polar surface area (TPSA) is 47.6 Å². The Morgan fingerprint density at radius 3 is 2.42 bits per heavy atom. The molecule has 0 aliphatic rings. The van der Waals surface area contributed by atoms with Gasteiger partial charge in [-0.15, -0.1) is 0 Å². The third-order valence-electron chi connectivity index (χ3n) is 3.31. The van der Waals surface area contributed by atoms with Crippen molar-refractivity contribution >= 4 is 29.1 Å². The van der Waals surface area contributed by atoms with E-state index in [1.165, 1.54) is 12.1 Å². The molecule has 0 fully saturated rings. The summed E-state index contributed by atoms with van der Waals surface area (Å²) in [6, 6.07) is 8.88. The summed E-state index contributed by atoms with van der Waals surface area (Å²) in [5.41, 5.74) is 0.441. The zero-order chi connectivity index (χ0) is 17.7. The molecule has 2 aromatic carbocycles. The van der Waals surface area contributed by atoms with E-state index in [0.29, 0.717) is 17.1 Å². The molecule has 1 atom stereocenters. The molecule has 7 heteroatoms. The molecule has 4 nitrogen and oxygen atoms in total. The first-order valence-corrected chi connectivity index (χ1v) is 7.87. The second-order valence-corrected chi connectivity index (χ2v) is 5.86. The summed E-state index contributed by atoms with van der Waals surface area (Å²) < 4.78 is 24.0. The summed E-state index contributed by atoms with van der Waals surface area (Å²) in [4.78, 5) is 12.0. The van der Waals surface area contributed by atoms with Gasteiger partial charge in [-0.2, -0.15) is 0 Å². The van der Waals surface area contributed by atoms with Gasteiger partial charge in [0, 0.05) is 5.02 Å². The minimum absolute atomic E-state index is 0.0647. The Morgan fingerprint density at radius 1 is 1.17 bits per heavy atom. The van der Waals surface area contributed by atoms with Crippen molar-refractivity contribution in [3.05, 3.63) is 57.8 Å². The number of halogens is 3. The second kappa shape index (κ2) is 8.22. The normalized spacial score (nSPS) is 11.7. The lowest BCUT2D eigenvalue weighted by atomic mass is 10.1. The number of ether oxygens (including phenoxy) is 2. The lowest BCUT2D eigenvalue weighted by molar-refractivity contribution is -0.123. The summed E-state index contributed by atoms with van der Waals surface area (Å²) >= 11 is 11.7. The number of nitrogens with one attached hydrogen (secondary N) is 1. The summed E-state index contributed by atoms with van der Waals surface area (Å²) in [5, 5.41) is 2.91. The van der Waals surface area contributed by atoms with Crippen molar-refractivity contribution in [3.63, 3.8) is 0 Å². The summed E-state index contributed by atoms with van der Waals surface area (Å²) in [5.74, 6) is 0.283. The van der Waals surface area contributed by atoms with Gasteiger partial charge in [-0.25, -0.2) is 4.39 Å². The highest BCUT2D eigenvalue weighted by molar-refractivity contribution is 6.35. The van der Waals surface area contributed by atoms with Gasteiger partial charge in [-0.1, -0.05) is 23.2 Å². The van der Waals surface area contributed by atoms with Crippen LogP contribution in [0.3, 0.4) is 0 Å². The predicted octanol–water partition coefficient (Wildman–Crippen LogP) is 4.40. The second-order valence-electron chi connectivity index (χ2n) is 5.04. The lowest BCUT2D eigenvalue weighted by Crippen LogP contribution is -2.31. The summed E-state index contributed by atoms with van der Waals surface area (Å²) in [6.45, 7) is 1.52. The Hall–Kier alpha value is -1.98. The minimum atomic E-state index is -0.591. The van der Waals surface area contributed by atoms with Crippen LogP contribution in [-0.2, 0) is 4.79 Å². The van der Waals surface area contributed by atoms with E-state index >= 15 is 0 Å². The van der Waals surface area contributed by atoms with Crippen LogP contribution in [0, 0.1) is 5.82 Å². The van der Waals surface area contributed by atoms with Crippen LogP contribution in [0.4, 0.5) is 4.39 Å². The van der Waals surface area contributed by atoms with Crippen molar-refractivity contribution in [2.75, 3.05) is 13.7 Å². The Morgan fingerprint density at radius 2 is 1.79 bits per heavy atom. The maximum Gasteiger partial charge on any atom is 0.258 e. The maximum atomic E-state index is 13.5. The van der Waals surface area contributed by atoms with Crippen molar-refractivity contribution < 1.29 is 18.7 Å². The van der Waals surface area contributed by atoms with E-state index < -0.39 is 11.9 Å². The SMILES string of the molecule is COc1ccc(OCC(=O)N[C@@H](C)c2cc(F)c(Cl)cc2Cl)cc1. The molecule has 0 bridgehead atoms. The molecule has 1 amide bonds. The largest absolute Gasteiger partial charge is 0.497 e. The zero-order valence-electron chi connectivity index (χ0n) is 13.1. The van der Waals surface area contributed by atoms with E-state index in [9.17, 15) is 9.18 Å². The van der Waals surface area contributed by atoms with E-state index in [1.54, 1.807) is 38.3 Å². The molecule has 0 radical (unpaired) electrons. The molecule has 0 heterocycles. The van der Waals surface area contributed by atoms with Crippen molar-refractivity contribution in [1.29, 1.82) is 0 Å². The van der Waals surface area contributed by atoms with Crippen LogP contribution in [0.1, 0.15) is 18.5 Å². The Balaban J connectivity index is 1.92. The maximum absolute atomic E-state index is 13.5. The smallest absolute Gasteiger partial charge is 0.258 e. The number of benzene rings is 2. The van der Waals surface area contributed by atoms with Crippen LogP contribution in [-0.4, -0.2) is 19.6 Å². The summed E-state index contributed by atoms with van der Waals surface area (Å²) in [7, 11) is 1.56. The first-order chi connectivity index (χ1) is 11.4.